The molecule has 0 spiro atoms. The van der Waals surface area contributed by atoms with Crippen LogP contribution in [-0.2, 0) is 24.4 Å². The van der Waals surface area contributed by atoms with Gasteiger partial charge in [0.15, 0.2) is 5.76 Å². The molecular formula is C27H23N5O4. The van der Waals surface area contributed by atoms with Crippen LogP contribution in [0.4, 0.5) is 0 Å². The highest BCUT2D eigenvalue weighted by atomic mass is 16.5. The normalized spacial score (nSPS) is 15.1. The number of amides is 2. The maximum Gasteiger partial charge on any atom is 0.291 e. The van der Waals surface area contributed by atoms with Crippen LogP contribution in [-0.4, -0.2) is 44.8 Å². The van der Waals surface area contributed by atoms with E-state index in [0.717, 1.165) is 33.2 Å². The maximum absolute atomic E-state index is 13.7. The number of fused-ring (bicyclic) bond motifs is 4. The Kier molecular flexibility index (Phi) is 5.37. The van der Waals surface area contributed by atoms with E-state index in [4.69, 9.17) is 9.15 Å². The van der Waals surface area contributed by atoms with Crippen LogP contribution >= 0.6 is 0 Å². The van der Waals surface area contributed by atoms with E-state index in [0.29, 0.717) is 17.7 Å². The molecule has 3 aromatic heterocycles. The van der Waals surface area contributed by atoms with Gasteiger partial charge in [0.25, 0.3) is 5.91 Å². The number of nitrogens with zero attached hydrogens (tertiary/aromatic N) is 3. The van der Waals surface area contributed by atoms with E-state index in [-0.39, 0.29) is 30.7 Å². The molecule has 5 aromatic rings. The topological polar surface area (TPSA) is 113 Å². The number of furan rings is 1. The van der Waals surface area contributed by atoms with Crippen LogP contribution in [0.2, 0.25) is 0 Å². The summed E-state index contributed by atoms with van der Waals surface area (Å²) in [6.07, 6.45) is 5.14. The lowest BCUT2D eigenvalue weighted by atomic mass is 9.95. The van der Waals surface area contributed by atoms with Crippen molar-refractivity contribution in [1.29, 1.82) is 0 Å². The number of rotatable bonds is 5. The van der Waals surface area contributed by atoms with Gasteiger partial charge < -0.3 is 24.4 Å². The van der Waals surface area contributed by atoms with Gasteiger partial charge in [-0.15, -0.1) is 0 Å². The highest BCUT2D eigenvalue weighted by Crippen LogP contribution is 2.32. The summed E-state index contributed by atoms with van der Waals surface area (Å²) in [4.78, 5) is 40.1. The minimum absolute atomic E-state index is 0.124. The van der Waals surface area contributed by atoms with Gasteiger partial charge >= 0.3 is 0 Å². The zero-order chi connectivity index (χ0) is 24.6. The Balaban J connectivity index is 1.27. The highest BCUT2D eigenvalue weighted by Gasteiger charge is 2.38. The summed E-state index contributed by atoms with van der Waals surface area (Å²) in [6, 6.07) is 14.4. The molecule has 2 N–H and O–H groups in total. The molecule has 2 amide bonds. The Labute approximate surface area is 206 Å². The molecule has 180 valence electrons. The molecule has 0 fully saturated rings. The average molecular weight is 482 g/mol. The van der Waals surface area contributed by atoms with Gasteiger partial charge in [0, 0.05) is 54.1 Å². The summed E-state index contributed by atoms with van der Waals surface area (Å²) >= 11 is 0. The van der Waals surface area contributed by atoms with Gasteiger partial charge in [-0.1, -0.05) is 18.2 Å². The monoisotopic (exact) mass is 481 g/mol. The first kappa shape index (κ1) is 21.8. The Morgan fingerprint density at radius 3 is 2.83 bits per heavy atom. The second-order valence-electron chi connectivity index (χ2n) is 8.67. The lowest BCUT2D eigenvalue weighted by molar-refractivity contribution is -0.125. The van der Waals surface area contributed by atoms with Crippen LogP contribution in [0, 0.1) is 0 Å². The number of carbonyl (C=O) groups is 2. The fourth-order valence-electron chi connectivity index (χ4n) is 4.78. The third-order valence-electron chi connectivity index (χ3n) is 6.59. The molecule has 0 aliphatic carbocycles. The molecular weight excluding hydrogens is 458 g/mol. The highest BCUT2D eigenvalue weighted by molar-refractivity contribution is 5.98. The Bertz CT molecular complexity index is 1600. The summed E-state index contributed by atoms with van der Waals surface area (Å²) in [5.41, 5.74) is 5.05. The number of benzene rings is 2. The van der Waals surface area contributed by atoms with Gasteiger partial charge in [-0.3, -0.25) is 19.6 Å². The van der Waals surface area contributed by atoms with Crippen molar-refractivity contribution < 1.29 is 18.7 Å². The molecule has 36 heavy (non-hydrogen) atoms. The number of hydrogen-bond acceptors (Lipinski definition) is 6. The first-order valence-corrected chi connectivity index (χ1v) is 11.6. The standard InChI is InChI=1S/C27H23N5O4/c1-28-26(33)24-13-19-18-4-2-3-5-20(18)31-23(19)14-32(24)27(34)25-16(8-11-35-25)15-36-17-6-7-21-22(12-17)30-10-9-29-21/h2-12,24,31H,13-15H2,1H3,(H,28,33). The molecule has 1 aliphatic heterocycles. The number of nitrogens with one attached hydrogen (secondary N) is 2. The first-order chi connectivity index (χ1) is 17.6. The number of aromatic amines is 1. The van der Waals surface area contributed by atoms with Crippen molar-refractivity contribution in [3.63, 3.8) is 0 Å². The summed E-state index contributed by atoms with van der Waals surface area (Å²) in [6.45, 7) is 0.394. The van der Waals surface area contributed by atoms with E-state index in [1.165, 1.54) is 6.26 Å². The summed E-state index contributed by atoms with van der Waals surface area (Å²) in [7, 11) is 1.58. The fraction of sp³-hybridized carbons (Fsp3) is 0.185. The van der Waals surface area contributed by atoms with Gasteiger partial charge in [-0.05, 0) is 29.8 Å². The van der Waals surface area contributed by atoms with E-state index in [2.05, 4.69) is 20.3 Å². The largest absolute Gasteiger partial charge is 0.489 e. The first-order valence-electron chi connectivity index (χ1n) is 11.6. The van der Waals surface area contributed by atoms with Crippen molar-refractivity contribution >= 4 is 33.8 Å². The molecule has 6 rings (SSSR count). The molecule has 2 aromatic carbocycles. The number of likely N-dealkylation sites (N-methyl/N-ethyl adjacent to an activating group) is 1. The third-order valence-corrected chi connectivity index (χ3v) is 6.59. The van der Waals surface area contributed by atoms with E-state index in [1.807, 2.05) is 36.4 Å². The summed E-state index contributed by atoms with van der Waals surface area (Å²) in [5, 5.41) is 3.77. The molecule has 1 atom stereocenters. The van der Waals surface area contributed by atoms with E-state index < -0.39 is 6.04 Å². The Hall–Kier alpha value is -4.66. The molecule has 1 unspecified atom stereocenters. The predicted molar refractivity (Wildman–Crippen MR) is 132 cm³/mol. The molecule has 0 bridgehead atoms. The molecule has 9 heteroatoms. The molecule has 0 saturated carbocycles. The van der Waals surface area contributed by atoms with Crippen molar-refractivity contribution in [3.8, 4) is 5.75 Å². The fourth-order valence-corrected chi connectivity index (χ4v) is 4.78. The van der Waals surface area contributed by atoms with Gasteiger partial charge in [-0.25, -0.2) is 0 Å². The van der Waals surface area contributed by atoms with Gasteiger partial charge in [-0.2, -0.15) is 0 Å². The van der Waals surface area contributed by atoms with E-state index in [9.17, 15) is 9.59 Å². The number of carbonyl (C=O) groups excluding carboxylic acids is 2. The molecule has 9 nitrogen and oxygen atoms in total. The average Bonchev–Trinajstić information content (AvgIpc) is 3.54. The van der Waals surface area contributed by atoms with Crippen molar-refractivity contribution in [2.24, 2.45) is 0 Å². The zero-order valence-electron chi connectivity index (χ0n) is 19.5. The van der Waals surface area contributed by atoms with E-state index >= 15 is 0 Å². The van der Waals surface area contributed by atoms with Crippen LogP contribution in [0.25, 0.3) is 21.9 Å². The van der Waals surface area contributed by atoms with Crippen LogP contribution in [0.5, 0.6) is 5.75 Å². The smallest absolute Gasteiger partial charge is 0.291 e. The third kappa shape index (κ3) is 3.74. The summed E-state index contributed by atoms with van der Waals surface area (Å²) < 4.78 is 11.6. The number of hydrogen-bond donors (Lipinski definition) is 2. The van der Waals surface area contributed by atoms with Crippen molar-refractivity contribution in [2.75, 3.05) is 7.05 Å². The summed E-state index contributed by atoms with van der Waals surface area (Å²) in [5.74, 6) is 0.178. The second kappa shape index (κ2) is 8.84. The molecule has 4 heterocycles. The SMILES string of the molecule is CNC(=O)C1Cc2c([nH]c3ccccc23)CN1C(=O)c1occc1COc1ccc2nccnc2c1. The van der Waals surface area contributed by atoms with Crippen LogP contribution < -0.4 is 10.1 Å². The van der Waals surface area contributed by atoms with Crippen molar-refractivity contribution in [3.05, 3.63) is 89.8 Å². The van der Waals surface area contributed by atoms with E-state index in [1.54, 1.807) is 36.5 Å². The molecule has 0 radical (unpaired) electrons. The van der Waals surface area contributed by atoms with Crippen molar-refractivity contribution in [1.82, 2.24) is 25.2 Å². The molecule has 0 saturated heterocycles. The van der Waals surface area contributed by atoms with Crippen LogP contribution in [0.15, 0.2) is 71.6 Å². The lowest BCUT2D eigenvalue weighted by Crippen LogP contribution is -2.52. The maximum atomic E-state index is 13.7. The Morgan fingerprint density at radius 2 is 1.97 bits per heavy atom. The number of aromatic nitrogens is 3. The van der Waals surface area contributed by atoms with Crippen LogP contribution in [0.3, 0.4) is 0 Å². The number of ether oxygens (including phenoxy) is 1. The van der Waals surface area contributed by atoms with Gasteiger partial charge in [0.1, 0.15) is 18.4 Å². The quantitative estimate of drug-likeness (QED) is 0.397. The number of H-pyrrole nitrogens is 1. The zero-order valence-corrected chi connectivity index (χ0v) is 19.5. The van der Waals surface area contributed by atoms with Gasteiger partial charge in [0.05, 0.1) is 23.8 Å². The number of para-hydroxylation sites is 1. The van der Waals surface area contributed by atoms with Crippen molar-refractivity contribution in [2.45, 2.75) is 25.6 Å². The second-order valence-corrected chi connectivity index (χ2v) is 8.67. The van der Waals surface area contributed by atoms with Gasteiger partial charge in [0.2, 0.25) is 5.91 Å². The predicted octanol–water partition coefficient (Wildman–Crippen LogP) is 3.60. The molecule has 1 aliphatic rings. The van der Waals surface area contributed by atoms with Crippen LogP contribution in [0.1, 0.15) is 27.4 Å². The minimum atomic E-state index is -0.660. The lowest BCUT2D eigenvalue weighted by Gasteiger charge is -2.34. The Morgan fingerprint density at radius 1 is 1.14 bits per heavy atom. The minimum Gasteiger partial charge on any atom is -0.489 e.